The van der Waals surface area contributed by atoms with Crippen molar-refractivity contribution >= 4 is 30.6 Å². The quantitative estimate of drug-likeness (QED) is 0.770. The lowest BCUT2D eigenvalue weighted by Crippen LogP contribution is -2.49. The number of benzene rings is 1. The fourth-order valence-electron chi connectivity index (χ4n) is 3.88. The summed E-state index contributed by atoms with van der Waals surface area (Å²) in [6.45, 7) is 4.75. The molecule has 0 spiro atoms. The molecule has 2 aromatic rings. The van der Waals surface area contributed by atoms with Gasteiger partial charge in [0.25, 0.3) is 0 Å². The third-order valence-electron chi connectivity index (χ3n) is 5.33. The fraction of sp³-hybridized carbons (Fsp3) is 0.476. The summed E-state index contributed by atoms with van der Waals surface area (Å²) in [6, 6.07) is 12.4. The molecule has 1 fully saturated rings. The number of pyridine rings is 1. The van der Waals surface area contributed by atoms with Gasteiger partial charge in [0.1, 0.15) is 24.3 Å². The van der Waals surface area contributed by atoms with Crippen molar-refractivity contribution < 1.29 is 9.84 Å². The number of anilines is 1. The summed E-state index contributed by atoms with van der Waals surface area (Å²) in [5.74, 6) is 1.91. The molecule has 1 aromatic carbocycles. The minimum atomic E-state index is -0.468. The van der Waals surface area contributed by atoms with Crippen LogP contribution in [0, 0.1) is 0 Å². The van der Waals surface area contributed by atoms with Crippen molar-refractivity contribution in [1.82, 2.24) is 9.88 Å². The lowest BCUT2D eigenvalue weighted by molar-refractivity contribution is 0.0662. The van der Waals surface area contributed by atoms with Crippen LogP contribution in [0.25, 0.3) is 0 Å². The molecule has 4 rings (SSSR count). The topological polar surface area (TPSA) is 48.8 Å². The highest BCUT2D eigenvalue weighted by Crippen LogP contribution is 2.26. The van der Waals surface area contributed by atoms with Crippen molar-refractivity contribution in [2.45, 2.75) is 25.4 Å². The zero-order valence-corrected chi connectivity index (χ0v) is 17.6. The van der Waals surface area contributed by atoms with E-state index in [-0.39, 0.29) is 24.8 Å². The Labute approximate surface area is 179 Å². The third-order valence-corrected chi connectivity index (χ3v) is 5.33. The van der Waals surface area contributed by atoms with Crippen LogP contribution >= 0.6 is 24.8 Å². The number of ether oxygens (including phenoxy) is 1. The molecular formula is C21H29Cl2N3O2. The standard InChI is InChI=1S/C21H27N3O2.2ClH/c25-19(16-26-20-8-7-17-4-3-5-18(17)14-20)15-23-10-12-24(13-11-23)21-6-1-2-9-22-21;;/h1-2,6-9,14,19,25H,3-5,10-13,15-16H2;2*1H. The molecule has 1 aliphatic heterocycles. The molecule has 0 radical (unpaired) electrons. The Hall–Kier alpha value is -1.53. The van der Waals surface area contributed by atoms with Gasteiger partial charge in [0.05, 0.1) is 0 Å². The van der Waals surface area contributed by atoms with Gasteiger partial charge in [-0.2, -0.15) is 0 Å². The minimum Gasteiger partial charge on any atom is -0.491 e. The van der Waals surface area contributed by atoms with Gasteiger partial charge in [-0.25, -0.2) is 4.98 Å². The van der Waals surface area contributed by atoms with Crippen LogP contribution in [0.2, 0.25) is 0 Å². The van der Waals surface area contributed by atoms with E-state index in [1.807, 2.05) is 24.4 Å². The van der Waals surface area contributed by atoms with E-state index in [1.165, 1.54) is 24.0 Å². The summed E-state index contributed by atoms with van der Waals surface area (Å²) in [6.07, 6.45) is 4.94. The van der Waals surface area contributed by atoms with Gasteiger partial charge in [0.15, 0.2) is 0 Å². The highest BCUT2D eigenvalue weighted by molar-refractivity contribution is 5.85. The molecule has 28 heavy (non-hydrogen) atoms. The lowest BCUT2D eigenvalue weighted by Gasteiger charge is -2.36. The van der Waals surface area contributed by atoms with Crippen LogP contribution in [-0.2, 0) is 12.8 Å². The van der Waals surface area contributed by atoms with Gasteiger partial charge in [-0.1, -0.05) is 12.1 Å². The highest BCUT2D eigenvalue weighted by atomic mass is 35.5. The van der Waals surface area contributed by atoms with Crippen LogP contribution in [0.15, 0.2) is 42.6 Å². The van der Waals surface area contributed by atoms with Crippen molar-refractivity contribution in [3.05, 3.63) is 53.7 Å². The van der Waals surface area contributed by atoms with Crippen molar-refractivity contribution in [2.75, 3.05) is 44.2 Å². The van der Waals surface area contributed by atoms with Crippen LogP contribution in [0.1, 0.15) is 17.5 Å². The molecule has 1 saturated heterocycles. The zero-order chi connectivity index (χ0) is 17.8. The average molecular weight is 426 g/mol. The Morgan fingerprint density at radius 2 is 1.79 bits per heavy atom. The molecule has 1 atom stereocenters. The number of nitrogens with zero attached hydrogens (tertiary/aromatic N) is 3. The number of hydrogen-bond donors (Lipinski definition) is 1. The molecule has 0 bridgehead atoms. The molecule has 7 heteroatoms. The Morgan fingerprint density at radius 3 is 2.54 bits per heavy atom. The number of β-amino-alcohol motifs (C(OH)–C–C–N with tert-alkyl or cyclic N) is 1. The van der Waals surface area contributed by atoms with Crippen molar-refractivity contribution in [1.29, 1.82) is 0 Å². The molecule has 2 heterocycles. The fourth-order valence-corrected chi connectivity index (χ4v) is 3.88. The zero-order valence-electron chi connectivity index (χ0n) is 16.0. The number of rotatable bonds is 6. The van der Waals surface area contributed by atoms with Gasteiger partial charge in [-0.15, -0.1) is 24.8 Å². The lowest BCUT2D eigenvalue weighted by atomic mass is 10.1. The SMILES string of the molecule is Cl.Cl.OC(COc1ccc2c(c1)CCC2)CN1CCN(c2ccccn2)CC1. The number of aliphatic hydroxyl groups excluding tert-OH is 1. The number of aliphatic hydroxyl groups is 1. The highest BCUT2D eigenvalue weighted by Gasteiger charge is 2.20. The van der Waals surface area contributed by atoms with Crippen LogP contribution < -0.4 is 9.64 Å². The molecular weight excluding hydrogens is 397 g/mol. The molecule has 1 unspecified atom stereocenters. The molecule has 0 amide bonds. The van der Waals surface area contributed by atoms with Crippen LogP contribution in [0.5, 0.6) is 5.75 Å². The van der Waals surface area contributed by atoms with E-state index in [9.17, 15) is 5.11 Å². The Bertz CT molecular complexity index is 725. The number of fused-ring (bicyclic) bond motifs is 1. The molecule has 1 aromatic heterocycles. The largest absolute Gasteiger partial charge is 0.491 e. The smallest absolute Gasteiger partial charge is 0.128 e. The second-order valence-electron chi connectivity index (χ2n) is 7.22. The van der Waals surface area contributed by atoms with Crippen molar-refractivity contribution in [2.24, 2.45) is 0 Å². The van der Waals surface area contributed by atoms with Gasteiger partial charge >= 0.3 is 0 Å². The van der Waals surface area contributed by atoms with Gasteiger partial charge < -0.3 is 14.7 Å². The summed E-state index contributed by atoms with van der Waals surface area (Å²) >= 11 is 0. The number of piperazine rings is 1. The minimum absolute atomic E-state index is 0. The van der Waals surface area contributed by atoms with E-state index in [0.717, 1.165) is 44.2 Å². The first-order valence-corrected chi connectivity index (χ1v) is 9.59. The summed E-state index contributed by atoms with van der Waals surface area (Å²) in [4.78, 5) is 9.01. The monoisotopic (exact) mass is 425 g/mol. The summed E-state index contributed by atoms with van der Waals surface area (Å²) in [7, 11) is 0. The average Bonchev–Trinajstić information content (AvgIpc) is 3.15. The van der Waals surface area contributed by atoms with Crippen molar-refractivity contribution in [3.8, 4) is 5.75 Å². The predicted molar refractivity (Wildman–Crippen MR) is 117 cm³/mol. The van der Waals surface area contributed by atoms with E-state index in [1.54, 1.807) is 0 Å². The maximum absolute atomic E-state index is 10.3. The first-order chi connectivity index (χ1) is 12.8. The Kier molecular flexibility index (Phi) is 8.83. The maximum Gasteiger partial charge on any atom is 0.128 e. The molecule has 1 aliphatic carbocycles. The molecule has 2 aliphatic rings. The second-order valence-corrected chi connectivity index (χ2v) is 7.22. The number of halogens is 2. The van der Waals surface area contributed by atoms with Gasteiger partial charge in [-0.05, 0) is 54.7 Å². The van der Waals surface area contributed by atoms with Crippen molar-refractivity contribution in [3.63, 3.8) is 0 Å². The molecule has 0 saturated carbocycles. The Balaban J connectivity index is 0.00000140. The van der Waals surface area contributed by atoms with E-state index in [4.69, 9.17) is 4.74 Å². The third kappa shape index (κ3) is 5.74. The number of hydrogen-bond acceptors (Lipinski definition) is 5. The number of aryl methyl sites for hydroxylation is 2. The van der Waals surface area contributed by atoms with Crippen LogP contribution in [0.4, 0.5) is 5.82 Å². The second kappa shape index (κ2) is 10.9. The summed E-state index contributed by atoms with van der Waals surface area (Å²) in [5.41, 5.74) is 2.85. The van der Waals surface area contributed by atoms with E-state index < -0.39 is 6.10 Å². The summed E-state index contributed by atoms with van der Waals surface area (Å²) < 4.78 is 5.83. The van der Waals surface area contributed by atoms with Gasteiger partial charge in [-0.3, -0.25) is 4.90 Å². The van der Waals surface area contributed by atoms with Crippen LogP contribution in [0.3, 0.4) is 0 Å². The van der Waals surface area contributed by atoms with E-state index >= 15 is 0 Å². The normalized spacial score (nSPS) is 17.2. The predicted octanol–water partition coefficient (Wildman–Crippen LogP) is 2.98. The first kappa shape index (κ1) is 22.8. The summed E-state index contributed by atoms with van der Waals surface area (Å²) in [5, 5.41) is 10.3. The van der Waals surface area contributed by atoms with E-state index in [2.05, 4.69) is 33.0 Å². The van der Waals surface area contributed by atoms with Crippen LogP contribution in [-0.4, -0.2) is 60.4 Å². The molecule has 5 nitrogen and oxygen atoms in total. The molecule has 154 valence electrons. The maximum atomic E-state index is 10.3. The number of aromatic nitrogens is 1. The first-order valence-electron chi connectivity index (χ1n) is 9.59. The van der Waals surface area contributed by atoms with Gasteiger partial charge in [0, 0.05) is 38.9 Å². The molecule has 1 N–H and O–H groups in total. The Morgan fingerprint density at radius 1 is 1.00 bits per heavy atom. The van der Waals surface area contributed by atoms with Gasteiger partial charge in [0.2, 0.25) is 0 Å². The van der Waals surface area contributed by atoms with E-state index in [0.29, 0.717) is 13.2 Å².